The van der Waals surface area contributed by atoms with Crippen LogP contribution in [0.15, 0.2) is 21.7 Å². The number of sulfonamides is 1. The van der Waals surface area contributed by atoms with Crippen molar-refractivity contribution >= 4 is 32.7 Å². The summed E-state index contributed by atoms with van der Waals surface area (Å²) in [4.78, 5) is 5.52. The van der Waals surface area contributed by atoms with E-state index in [1.54, 1.807) is 6.07 Å². The first-order valence-electron chi connectivity index (χ1n) is 6.75. The lowest BCUT2D eigenvalue weighted by atomic mass is 10.4. The molecule has 0 bridgehead atoms. The second kappa shape index (κ2) is 6.13. The average molecular weight is 343 g/mol. The van der Waals surface area contributed by atoms with E-state index in [1.165, 1.54) is 35.5 Å². The number of rotatable bonds is 7. The number of thiophene rings is 1. The standard InChI is InChI=1S/C13H17N3O2S3/c1-9-8-20-13(16-9)7-15-21(17,18)12-4-5-19-11(12)6-14-10-2-3-10/h4-5,8,10,14-15H,2-3,6-7H2,1H3. The molecule has 1 aliphatic rings. The van der Waals surface area contributed by atoms with Crippen molar-refractivity contribution in [1.29, 1.82) is 0 Å². The molecule has 1 fully saturated rings. The molecule has 114 valence electrons. The molecule has 2 heterocycles. The molecule has 0 radical (unpaired) electrons. The molecule has 0 aromatic carbocycles. The van der Waals surface area contributed by atoms with Gasteiger partial charge in [-0.15, -0.1) is 22.7 Å². The molecule has 0 aliphatic heterocycles. The van der Waals surface area contributed by atoms with E-state index in [0.29, 0.717) is 17.5 Å². The molecule has 0 saturated heterocycles. The van der Waals surface area contributed by atoms with Crippen LogP contribution in [-0.4, -0.2) is 19.4 Å². The summed E-state index contributed by atoms with van der Waals surface area (Å²) in [6.45, 7) is 2.76. The summed E-state index contributed by atoms with van der Waals surface area (Å²) in [6, 6.07) is 2.23. The number of nitrogens with zero attached hydrogens (tertiary/aromatic N) is 1. The summed E-state index contributed by atoms with van der Waals surface area (Å²) < 4.78 is 27.4. The highest BCUT2D eigenvalue weighted by Gasteiger charge is 2.23. The summed E-state index contributed by atoms with van der Waals surface area (Å²) in [7, 11) is -3.48. The number of aryl methyl sites for hydroxylation is 1. The van der Waals surface area contributed by atoms with Crippen LogP contribution in [0.25, 0.3) is 0 Å². The van der Waals surface area contributed by atoms with E-state index in [4.69, 9.17) is 0 Å². The van der Waals surface area contributed by atoms with Gasteiger partial charge in [-0.25, -0.2) is 18.1 Å². The molecule has 21 heavy (non-hydrogen) atoms. The van der Waals surface area contributed by atoms with Crippen molar-refractivity contribution in [3.63, 3.8) is 0 Å². The Hall–Kier alpha value is -0.800. The molecule has 8 heteroatoms. The summed E-state index contributed by atoms with van der Waals surface area (Å²) in [5, 5.41) is 7.88. The molecule has 0 unspecified atom stereocenters. The molecular weight excluding hydrogens is 326 g/mol. The fraction of sp³-hybridized carbons (Fsp3) is 0.462. The van der Waals surface area contributed by atoms with Crippen molar-refractivity contribution in [2.75, 3.05) is 0 Å². The van der Waals surface area contributed by atoms with E-state index in [9.17, 15) is 8.42 Å². The van der Waals surface area contributed by atoms with Crippen LogP contribution in [0.2, 0.25) is 0 Å². The predicted octanol–water partition coefficient (Wildman–Crippen LogP) is 2.24. The maximum Gasteiger partial charge on any atom is 0.242 e. The number of hydrogen-bond acceptors (Lipinski definition) is 6. The predicted molar refractivity (Wildman–Crippen MR) is 85.1 cm³/mol. The largest absolute Gasteiger partial charge is 0.309 e. The maximum absolute atomic E-state index is 12.4. The van der Waals surface area contributed by atoms with Crippen molar-refractivity contribution in [2.24, 2.45) is 0 Å². The van der Waals surface area contributed by atoms with Crippen LogP contribution in [0, 0.1) is 6.92 Å². The quantitative estimate of drug-likeness (QED) is 0.809. The Bertz CT molecular complexity index is 717. The normalized spacial score (nSPS) is 15.5. The highest BCUT2D eigenvalue weighted by Crippen LogP contribution is 2.25. The lowest BCUT2D eigenvalue weighted by Gasteiger charge is -2.07. The van der Waals surface area contributed by atoms with Gasteiger partial charge in [0.15, 0.2) is 0 Å². The van der Waals surface area contributed by atoms with Crippen molar-refractivity contribution in [2.45, 2.75) is 43.8 Å². The van der Waals surface area contributed by atoms with Crippen LogP contribution in [0.5, 0.6) is 0 Å². The van der Waals surface area contributed by atoms with Crippen molar-refractivity contribution < 1.29 is 8.42 Å². The third-order valence-electron chi connectivity index (χ3n) is 3.20. The van der Waals surface area contributed by atoms with Gasteiger partial charge >= 0.3 is 0 Å². The number of hydrogen-bond donors (Lipinski definition) is 2. The van der Waals surface area contributed by atoms with E-state index in [2.05, 4.69) is 15.0 Å². The molecule has 3 rings (SSSR count). The molecule has 0 spiro atoms. The Morgan fingerprint density at radius 3 is 2.81 bits per heavy atom. The second-order valence-corrected chi connectivity index (χ2v) is 8.75. The van der Waals surface area contributed by atoms with Crippen molar-refractivity contribution in [3.8, 4) is 0 Å². The first-order valence-corrected chi connectivity index (χ1v) is 9.99. The summed E-state index contributed by atoms with van der Waals surface area (Å²) >= 11 is 2.94. The molecule has 2 aromatic heterocycles. The highest BCUT2D eigenvalue weighted by atomic mass is 32.2. The third-order valence-corrected chi connectivity index (χ3v) is 6.71. The molecule has 5 nitrogen and oxygen atoms in total. The fourth-order valence-electron chi connectivity index (χ4n) is 1.94. The minimum Gasteiger partial charge on any atom is -0.309 e. The third kappa shape index (κ3) is 3.89. The van der Waals surface area contributed by atoms with Gasteiger partial charge in [0.1, 0.15) is 5.01 Å². The smallest absolute Gasteiger partial charge is 0.242 e. The van der Waals surface area contributed by atoms with Crippen LogP contribution in [0.3, 0.4) is 0 Å². The highest BCUT2D eigenvalue weighted by molar-refractivity contribution is 7.89. The Balaban J connectivity index is 1.67. The molecule has 2 N–H and O–H groups in total. The number of thiazole rings is 1. The Kier molecular flexibility index (Phi) is 4.41. The van der Waals surface area contributed by atoms with Crippen LogP contribution in [0.4, 0.5) is 0 Å². The monoisotopic (exact) mass is 343 g/mol. The van der Waals surface area contributed by atoms with Gasteiger partial charge in [-0.3, -0.25) is 0 Å². The summed E-state index contributed by atoms with van der Waals surface area (Å²) in [5.74, 6) is 0. The zero-order chi connectivity index (χ0) is 14.9. The van der Waals surface area contributed by atoms with E-state index in [1.807, 2.05) is 17.7 Å². The van der Waals surface area contributed by atoms with Gasteiger partial charge in [-0.2, -0.15) is 0 Å². The van der Waals surface area contributed by atoms with E-state index in [0.717, 1.165) is 15.6 Å². The van der Waals surface area contributed by atoms with Gasteiger partial charge in [0, 0.05) is 28.5 Å². The number of nitrogens with one attached hydrogen (secondary N) is 2. The topological polar surface area (TPSA) is 71.1 Å². The van der Waals surface area contributed by atoms with Gasteiger partial charge in [0.2, 0.25) is 10.0 Å². The zero-order valence-electron chi connectivity index (χ0n) is 11.6. The van der Waals surface area contributed by atoms with E-state index >= 15 is 0 Å². The first-order chi connectivity index (χ1) is 10.0. The Morgan fingerprint density at radius 1 is 1.33 bits per heavy atom. The van der Waals surface area contributed by atoms with Crippen molar-refractivity contribution in [1.82, 2.24) is 15.0 Å². The van der Waals surface area contributed by atoms with Crippen LogP contribution >= 0.6 is 22.7 Å². The second-order valence-electron chi connectivity index (χ2n) is 5.07. The fourth-order valence-corrected chi connectivity index (χ4v) is 5.12. The molecule has 0 atom stereocenters. The minimum atomic E-state index is -3.48. The maximum atomic E-state index is 12.4. The SMILES string of the molecule is Cc1csc(CNS(=O)(=O)c2ccsc2CNC2CC2)n1. The van der Waals surface area contributed by atoms with Crippen molar-refractivity contribution in [3.05, 3.63) is 32.4 Å². The minimum absolute atomic E-state index is 0.242. The van der Waals surface area contributed by atoms with E-state index in [-0.39, 0.29) is 6.54 Å². The molecule has 1 saturated carbocycles. The molecular formula is C13H17N3O2S3. The molecule has 1 aliphatic carbocycles. The van der Waals surface area contributed by atoms with Gasteiger partial charge in [-0.1, -0.05) is 0 Å². The van der Waals surface area contributed by atoms with Crippen LogP contribution < -0.4 is 10.0 Å². The van der Waals surface area contributed by atoms with Crippen LogP contribution in [0.1, 0.15) is 28.4 Å². The first kappa shape index (κ1) is 15.1. The summed E-state index contributed by atoms with van der Waals surface area (Å²) in [5.41, 5.74) is 0.916. The Labute approximate surface area is 132 Å². The van der Waals surface area contributed by atoms with Gasteiger partial charge < -0.3 is 5.32 Å². The Morgan fingerprint density at radius 2 is 2.14 bits per heavy atom. The number of aromatic nitrogens is 1. The zero-order valence-corrected chi connectivity index (χ0v) is 14.1. The molecule has 2 aromatic rings. The van der Waals surface area contributed by atoms with Gasteiger partial charge in [-0.05, 0) is 31.2 Å². The van der Waals surface area contributed by atoms with E-state index < -0.39 is 10.0 Å². The van der Waals surface area contributed by atoms with Gasteiger partial charge in [0.05, 0.1) is 11.4 Å². The average Bonchev–Trinajstić information content (AvgIpc) is 2.97. The lowest BCUT2D eigenvalue weighted by Crippen LogP contribution is -2.25. The van der Waals surface area contributed by atoms with Gasteiger partial charge in [0.25, 0.3) is 0 Å². The lowest BCUT2D eigenvalue weighted by molar-refractivity contribution is 0.579. The molecule has 0 amide bonds. The summed E-state index contributed by atoms with van der Waals surface area (Å²) in [6.07, 6.45) is 2.38. The van der Waals surface area contributed by atoms with Crippen LogP contribution in [-0.2, 0) is 23.1 Å².